The number of rotatable bonds is 5. The first-order valence-corrected chi connectivity index (χ1v) is 9.20. The quantitative estimate of drug-likeness (QED) is 0.809. The minimum absolute atomic E-state index is 0.0246. The number of ether oxygens (including phenoxy) is 1. The van der Waals surface area contributed by atoms with E-state index in [1.165, 1.54) is 0 Å². The van der Waals surface area contributed by atoms with Gasteiger partial charge < -0.3 is 19.1 Å². The SMILES string of the molecule is COc1cccc(C(=O)N2CCN(C(=O)C[C@H](C)n3ccnc3C)CC2)c1. The van der Waals surface area contributed by atoms with Gasteiger partial charge in [-0.1, -0.05) is 6.07 Å². The number of aryl methyl sites for hydroxylation is 1. The first-order valence-electron chi connectivity index (χ1n) is 9.20. The van der Waals surface area contributed by atoms with Gasteiger partial charge in [0.2, 0.25) is 5.91 Å². The third kappa shape index (κ3) is 4.30. The fourth-order valence-corrected chi connectivity index (χ4v) is 3.43. The van der Waals surface area contributed by atoms with Crippen LogP contribution in [0.2, 0.25) is 0 Å². The zero-order chi connectivity index (χ0) is 19.4. The molecule has 1 fully saturated rings. The number of piperazine rings is 1. The van der Waals surface area contributed by atoms with Gasteiger partial charge in [0.15, 0.2) is 0 Å². The Bertz CT molecular complexity index is 809. The third-order valence-electron chi connectivity index (χ3n) is 5.04. The van der Waals surface area contributed by atoms with E-state index < -0.39 is 0 Å². The lowest BCUT2D eigenvalue weighted by Gasteiger charge is -2.35. The zero-order valence-corrected chi connectivity index (χ0v) is 16.1. The van der Waals surface area contributed by atoms with Crippen LogP contribution in [-0.2, 0) is 4.79 Å². The average molecular weight is 370 g/mol. The van der Waals surface area contributed by atoms with Gasteiger partial charge in [-0.2, -0.15) is 0 Å². The Hall–Kier alpha value is -2.83. The number of hydrogen-bond acceptors (Lipinski definition) is 4. The van der Waals surface area contributed by atoms with E-state index in [-0.39, 0.29) is 17.9 Å². The number of aromatic nitrogens is 2. The molecule has 1 aliphatic rings. The van der Waals surface area contributed by atoms with Crippen molar-refractivity contribution in [2.75, 3.05) is 33.3 Å². The van der Waals surface area contributed by atoms with Crippen molar-refractivity contribution < 1.29 is 14.3 Å². The number of methoxy groups -OCH3 is 1. The summed E-state index contributed by atoms with van der Waals surface area (Å²) >= 11 is 0. The van der Waals surface area contributed by atoms with E-state index in [0.29, 0.717) is 43.9 Å². The number of hydrogen-bond donors (Lipinski definition) is 0. The molecular weight excluding hydrogens is 344 g/mol. The van der Waals surface area contributed by atoms with Crippen LogP contribution in [-0.4, -0.2) is 64.5 Å². The molecule has 2 aromatic rings. The van der Waals surface area contributed by atoms with Crippen LogP contribution < -0.4 is 4.74 Å². The van der Waals surface area contributed by atoms with E-state index in [9.17, 15) is 9.59 Å². The predicted octanol–water partition coefficient (Wildman–Crippen LogP) is 2.14. The van der Waals surface area contributed by atoms with Gasteiger partial charge in [-0.25, -0.2) is 4.98 Å². The summed E-state index contributed by atoms with van der Waals surface area (Å²) in [5.74, 6) is 1.66. The van der Waals surface area contributed by atoms with E-state index in [4.69, 9.17) is 4.74 Å². The third-order valence-corrected chi connectivity index (χ3v) is 5.04. The Morgan fingerprint density at radius 1 is 1.19 bits per heavy atom. The summed E-state index contributed by atoms with van der Waals surface area (Å²) in [6.45, 7) is 6.16. The molecule has 7 nitrogen and oxygen atoms in total. The maximum Gasteiger partial charge on any atom is 0.254 e. The number of nitrogens with zero attached hydrogens (tertiary/aromatic N) is 4. The molecule has 1 aliphatic heterocycles. The lowest BCUT2D eigenvalue weighted by molar-refractivity contribution is -0.133. The number of amides is 2. The van der Waals surface area contributed by atoms with Gasteiger partial charge in [0, 0.05) is 56.6 Å². The van der Waals surface area contributed by atoms with Crippen LogP contribution in [0.3, 0.4) is 0 Å². The van der Waals surface area contributed by atoms with Gasteiger partial charge in [0.25, 0.3) is 5.91 Å². The van der Waals surface area contributed by atoms with E-state index in [1.54, 1.807) is 30.3 Å². The Kier molecular flexibility index (Phi) is 5.78. The van der Waals surface area contributed by atoms with Crippen LogP contribution in [0, 0.1) is 6.92 Å². The number of benzene rings is 1. The minimum Gasteiger partial charge on any atom is -0.497 e. The Morgan fingerprint density at radius 2 is 1.89 bits per heavy atom. The normalized spacial score (nSPS) is 15.5. The first-order chi connectivity index (χ1) is 13.0. The first kappa shape index (κ1) is 18.9. The molecule has 0 bridgehead atoms. The number of carbonyl (C=O) groups is 2. The smallest absolute Gasteiger partial charge is 0.254 e. The summed E-state index contributed by atoms with van der Waals surface area (Å²) in [5, 5.41) is 0. The molecule has 0 spiro atoms. The fraction of sp³-hybridized carbons (Fsp3) is 0.450. The van der Waals surface area contributed by atoms with Crippen molar-refractivity contribution in [3.8, 4) is 5.75 Å². The molecule has 1 aromatic carbocycles. The highest BCUT2D eigenvalue weighted by Gasteiger charge is 2.26. The van der Waals surface area contributed by atoms with Gasteiger partial charge >= 0.3 is 0 Å². The second-order valence-electron chi connectivity index (χ2n) is 6.84. The molecule has 3 rings (SSSR count). The number of imidazole rings is 1. The van der Waals surface area contributed by atoms with Crippen molar-refractivity contribution in [1.82, 2.24) is 19.4 Å². The predicted molar refractivity (Wildman–Crippen MR) is 102 cm³/mol. The van der Waals surface area contributed by atoms with Crippen LogP contribution in [0.5, 0.6) is 5.75 Å². The summed E-state index contributed by atoms with van der Waals surface area (Å²) in [5.41, 5.74) is 0.610. The molecule has 27 heavy (non-hydrogen) atoms. The molecule has 0 radical (unpaired) electrons. The van der Waals surface area contributed by atoms with Gasteiger partial charge in [-0.05, 0) is 32.0 Å². The second-order valence-corrected chi connectivity index (χ2v) is 6.84. The second kappa shape index (κ2) is 8.24. The molecule has 144 valence electrons. The van der Waals surface area contributed by atoms with Crippen molar-refractivity contribution in [3.63, 3.8) is 0 Å². The molecule has 1 saturated heterocycles. The molecule has 7 heteroatoms. The van der Waals surface area contributed by atoms with Crippen molar-refractivity contribution >= 4 is 11.8 Å². The molecule has 0 N–H and O–H groups in total. The Labute approximate surface area is 159 Å². The summed E-state index contributed by atoms with van der Waals surface area (Å²) in [4.78, 5) is 33.1. The lowest BCUT2D eigenvalue weighted by Crippen LogP contribution is -2.50. The van der Waals surface area contributed by atoms with Gasteiger partial charge in [-0.3, -0.25) is 9.59 Å². The maximum absolute atomic E-state index is 12.7. The molecule has 1 atom stereocenters. The van der Waals surface area contributed by atoms with Crippen molar-refractivity contribution in [1.29, 1.82) is 0 Å². The molecule has 0 unspecified atom stereocenters. The summed E-state index contributed by atoms with van der Waals surface area (Å²) in [6, 6.07) is 7.23. The van der Waals surface area contributed by atoms with E-state index in [0.717, 1.165) is 5.82 Å². The summed E-state index contributed by atoms with van der Waals surface area (Å²) < 4.78 is 7.20. The van der Waals surface area contributed by atoms with Gasteiger partial charge in [-0.15, -0.1) is 0 Å². The maximum atomic E-state index is 12.7. The monoisotopic (exact) mass is 370 g/mol. The van der Waals surface area contributed by atoms with Crippen LogP contribution in [0.4, 0.5) is 0 Å². The molecule has 2 amide bonds. The fourth-order valence-electron chi connectivity index (χ4n) is 3.43. The highest BCUT2D eigenvalue weighted by molar-refractivity contribution is 5.94. The average Bonchev–Trinajstić information content (AvgIpc) is 3.13. The lowest BCUT2D eigenvalue weighted by atomic mass is 10.1. The summed E-state index contributed by atoms with van der Waals surface area (Å²) in [6.07, 6.45) is 4.08. The van der Waals surface area contributed by atoms with Crippen molar-refractivity contribution in [3.05, 3.63) is 48.0 Å². The summed E-state index contributed by atoms with van der Waals surface area (Å²) in [7, 11) is 1.58. The van der Waals surface area contributed by atoms with Gasteiger partial charge in [0.1, 0.15) is 11.6 Å². The van der Waals surface area contributed by atoms with Crippen LogP contribution in [0.15, 0.2) is 36.7 Å². The highest BCUT2D eigenvalue weighted by atomic mass is 16.5. The standard InChI is InChI=1S/C20H26N4O3/c1-15(24-8-7-21-16(24)2)13-19(25)22-9-11-23(12-10-22)20(26)17-5-4-6-18(14-17)27-3/h4-8,14-15H,9-13H2,1-3H3/t15-/m0/s1. The van der Waals surface area contributed by atoms with Gasteiger partial charge in [0.05, 0.1) is 7.11 Å². The van der Waals surface area contributed by atoms with E-state index in [2.05, 4.69) is 4.98 Å². The Morgan fingerprint density at radius 3 is 2.52 bits per heavy atom. The number of carbonyl (C=O) groups excluding carboxylic acids is 2. The van der Waals surface area contributed by atoms with E-state index in [1.807, 2.05) is 41.6 Å². The molecule has 0 saturated carbocycles. The molecule has 2 heterocycles. The van der Waals surface area contributed by atoms with Crippen LogP contribution in [0.1, 0.15) is 35.6 Å². The Balaban J connectivity index is 1.54. The van der Waals surface area contributed by atoms with Crippen molar-refractivity contribution in [2.45, 2.75) is 26.3 Å². The minimum atomic E-state index is -0.0246. The molecule has 0 aliphatic carbocycles. The topological polar surface area (TPSA) is 67.7 Å². The molecular formula is C20H26N4O3. The van der Waals surface area contributed by atoms with Crippen LogP contribution >= 0.6 is 0 Å². The zero-order valence-electron chi connectivity index (χ0n) is 16.1. The largest absolute Gasteiger partial charge is 0.497 e. The van der Waals surface area contributed by atoms with Crippen molar-refractivity contribution in [2.24, 2.45) is 0 Å². The van der Waals surface area contributed by atoms with Crippen LogP contribution in [0.25, 0.3) is 0 Å². The highest BCUT2D eigenvalue weighted by Crippen LogP contribution is 2.18. The molecule has 1 aromatic heterocycles. The van der Waals surface area contributed by atoms with E-state index >= 15 is 0 Å².